The average molecular weight is 480 g/mol. The van der Waals surface area contributed by atoms with E-state index in [-0.39, 0.29) is 30.1 Å². The Bertz CT molecular complexity index is 681. The first-order valence-corrected chi connectivity index (χ1v) is 9.38. The molecule has 2 atom stereocenters. The molecule has 0 bridgehead atoms. The Morgan fingerprint density at radius 3 is 2.70 bits per heavy atom. The predicted molar refractivity (Wildman–Crippen MR) is 121 cm³/mol. The van der Waals surface area contributed by atoms with Crippen LogP contribution in [0.3, 0.4) is 0 Å². The van der Waals surface area contributed by atoms with Gasteiger partial charge in [0.25, 0.3) is 0 Å². The number of benzene rings is 1. The number of aromatic nitrogens is 1. The Kier molecular flexibility index (Phi) is 9.55. The molecule has 1 fully saturated rings. The van der Waals surface area contributed by atoms with Crippen LogP contribution in [0.5, 0.6) is 0 Å². The van der Waals surface area contributed by atoms with E-state index >= 15 is 0 Å². The molecule has 0 aliphatic carbocycles. The van der Waals surface area contributed by atoms with Crippen LogP contribution in [0.1, 0.15) is 30.2 Å². The molecule has 1 aromatic carbocycles. The van der Waals surface area contributed by atoms with Gasteiger partial charge in [0.15, 0.2) is 5.96 Å². The standard InChI is InChI=1S/C21H28N4O.HI/c1-22-21(24-14-12-19-11-5-6-13-23-19)25-16-18-10-7-15-26-20(18)17-8-3-2-4-9-17;/h2-6,8-9,11,13,18,20H,7,10,12,14-16H2,1H3,(H2,22,24,25);1H. The van der Waals surface area contributed by atoms with Crippen LogP contribution in [0.4, 0.5) is 0 Å². The fourth-order valence-electron chi connectivity index (χ4n) is 3.37. The second-order valence-corrected chi connectivity index (χ2v) is 6.56. The molecule has 1 aromatic heterocycles. The molecule has 0 saturated carbocycles. The largest absolute Gasteiger partial charge is 0.373 e. The van der Waals surface area contributed by atoms with Gasteiger partial charge in [0, 0.05) is 51.0 Å². The summed E-state index contributed by atoms with van der Waals surface area (Å²) >= 11 is 0. The SMILES string of the molecule is CN=C(NCCc1ccccn1)NCC1CCCOC1c1ccccc1.I. The number of halogens is 1. The lowest BCUT2D eigenvalue weighted by molar-refractivity contribution is -0.0265. The number of hydrogen-bond acceptors (Lipinski definition) is 3. The van der Waals surface area contributed by atoms with E-state index < -0.39 is 0 Å². The number of nitrogens with one attached hydrogen (secondary N) is 2. The number of aliphatic imine (C=N–C) groups is 1. The van der Waals surface area contributed by atoms with Gasteiger partial charge in [-0.2, -0.15) is 0 Å². The normalized spacial score (nSPS) is 19.8. The van der Waals surface area contributed by atoms with E-state index in [0.717, 1.165) is 50.6 Å². The molecule has 0 spiro atoms. The zero-order chi connectivity index (χ0) is 18.0. The highest BCUT2D eigenvalue weighted by Crippen LogP contribution is 2.32. The van der Waals surface area contributed by atoms with Crippen molar-refractivity contribution in [1.82, 2.24) is 15.6 Å². The molecule has 1 aliphatic rings. The molecule has 2 aromatic rings. The minimum atomic E-state index is 0. The van der Waals surface area contributed by atoms with Gasteiger partial charge >= 0.3 is 0 Å². The summed E-state index contributed by atoms with van der Waals surface area (Å²) < 4.78 is 6.07. The van der Waals surface area contributed by atoms with Gasteiger partial charge in [0.05, 0.1) is 6.10 Å². The summed E-state index contributed by atoms with van der Waals surface area (Å²) in [5.41, 5.74) is 2.34. The minimum Gasteiger partial charge on any atom is -0.373 e. The smallest absolute Gasteiger partial charge is 0.191 e. The van der Waals surface area contributed by atoms with Gasteiger partial charge in [-0.05, 0) is 30.5 Å². The Morgan fingerprint density at radius 2 is 1.96 bits per heavy atom. The molecule has 146 valence electrons. The lowest BCUT2D eigenvalue weighted by Gasteiger charge is -2.32. The molecular weight excluding hydrogens is 451 g/mol. The molecular formula is C21H29IN4O. The van der Waals surface area contributed by atoms with Crippen LogP contribution < -0.4 is 10.6 Å². The third kappa shape index (κ3) is 6.77. The molecule has 0 radical (unpaired) electrons. The van der Waals surface area contributed by atoms with Gasteiger partial charge in [-0.15, -0.1) is 24.0 Å². The van der Waals surface area contributed by atoms with E-state index in [1.165, 1.54) is 5.56 Å². The number of pyridine rings is 1. The molecule has 1 aliphatic heterocycles. The van der Waals surface area contributed by atoms with Crippen LogP contribution in [-0.2, 0) is 11.2 Å². The second kappa shape index (κ2) is 11.9. The van der Waals surface area contributed by atoms with Crippen molar-refractivity contribution in [3.05, 3.63) is 66.0 Å². The van der Waals surface area contributed by atoms with Gasteiger partial charge in [-0.3, -0.25) is 9.98 Å². The van der Waals surface area contributed by atoms with Crippen molar-refractivity contribution in [2.24, 2.45) is 10.9 Å². The lowest BCUT2D eigenvalue weighted by Crippen LogP contribution is -2.42. The molecule has 2 heterocycles. The van der Waals surface area contributed by atoms with Crippen LogP contribution in [0.25, 0.3) is 0 Å². The number of ether oxygens (including phenoxy) is 1. The third-order valence-electron chi connectivity index (χ3n) is 4.73. The monoisotopic (exact) mass is 480 g/mol. The van der Waals surface area contributed by atoms with E-state index in [1.807, 2.05) is 37.5 Å². The Hall–Kier alpha value is -1.67. The maximum atomic E-state index is 6.07. The molecule has 1 saturated heterocycles. The van der Waals surface area contributed by atoms with Gasteiger partial charge in [0.1, 0.15) is 0 Å². The summed E-state index contributed by atoms with van der Waals surface area (Å²) in [5.74, 6) is 1.28. The van der Waals surface area contributed by atoms with Crippen molar-refractivity contribution in [2.75, 3.05) is 26.7 Å². The number of hydrogen-bond donors (Lipinski definition) is 2. The Labute approximate surface area is 179 Å². The van der Waals surface area contributed by atoms with Crippen LogP contribution in [0.15, 0.2) is 59.7 Å². The molecule has 2 unspecified atom stereocenters. The van der Waals surface area contributed by atoms with Crippen molar-refractivity contribution >= 4 is 29.9 Å². The zero-order valence-electron chi connectivity index (χ0n) is 15.8. The summed E-state index contributed by atoms with van der Waals surface area (Å²) in [6, 6.07) is 16.5. The van der Waals surface area contributed by atoms with Crippen LogP contribution in [0.2, 0.25) is 0 Å². The highest BCUT2D eigenvalue weighted by molar-refractivity contribution is 14.0. The van der Waals surface area contributed by atoms with E-state index in [9.17, 15) is 0 Å². The lowest BCUT2D eigenvalue weighted by atomic mass is 9.89. The number of rotatable bonds is 6. The summed E-state index contributed by atoms with van der Waals surface area (Å²) in [5, 5.41) is 6.83. The van der Waals surface area contributed by atoms with E-state index in [1.54, 1.807) is 0 Å². The topological polar surface area (TPSA) is 58.5 Å². The molecule has 3 rings (SSSR count). The van der Waals surface area contributed by atoms with Crippen LogP contribution in [0, 0.1) is 5.92 Å². The molecule has 5 nitrogen and oxygen atoms in total. The zero-order valence-corrected chi connectivity index (χ0v) is 18.1. The fraction of sp³-hybridized carbons (Fsp3) is 0.429. The van der Waals surface area contributed by atoms with Crippen LogP contribution in [-0.4, -0.2) is 37.7 Å². The highest BCUT2D eigenvalue weighted by atomic mass is 127. The first kappa shape index (κ1) is 21.6. The summed E-state index contributed by atoms with van der Waals surface area (Å²) in [6.07, 6.45) is 5.14. The Balaban J connectivity index is 0.00000261. The quantitative estimate of drug-likeness (QED) is 0.377. The van der Waals surface area contributed by atoms with Crippen molar-refractivity contribution in [3.63, 3.8) is 0 Å². The average Bonchev–Trinajstić information content (AvgIpc) is 2.72. The Morgan fingerprint density at radius 1 is 1.15 bits per heavy atom. The van der Waals surface area contributed by atoms with E-state index in [2.05, 4.69) is 44.9 Å². The highest BCUT2D eigenvalue weighted by Gasteiger charge is 2.27. The summed E-state index contributed by atoms with van der Waals surface area (Å²) in [6.45, 7) is 2.50. The first-order valence-electron chi connectivity index (χ1n) is 9.38. The number of guanidine groups is 1. The second-order valence-electron chi connectivity index (χ2n) is 6.56. The molecule has 0 amide bonds. The predicted octanol–water partition coefficient (Wildman–Crippen LogP) is 3.58. The van der Waals surface area contributed by atoms with Crippen molar-refractivity contribution in [3.8, 4) is 0 Å². The van der Waals surface area contributed by atoms with E-state index in [0.29, 0.717) is 5.92 Å². The van der Waals surface area contributed by atoms with E-state index in [4.69, 9.17) is 4.74 Å². The molecule has 27 heavy (non-hydrogen) atoms. The summed E-state index contributed by atoms with van der Waals surface area (Å²) in [4.78, 5) is 8.68. The van der Waals surface area contributed by atoms with Gasteiger partial charge in [-0.25, -0.2) is 0 Å². The van der Waals surface area contributed by atoms with Crippen molar-refractivity contribution < 1.29 is 4.74 Å². The third-order valence-corrected chi connectivity index (χ3v) is 4.73. The minimum absolute atomic E-state index is 0. The van der Waals surface area contributed by atoms with Gasteiger partial charge < -0.3 is 15.4 Å². The number of nitrogens with zero attached hydrogens (tertiary/aromatic N) is 2. The van der Waals surface area contributed by atoms with Crippen LogP contribution >= 0.6 is 24.0 Å². The van der Waals surface area contributed by atoms with Gasteiger partial charge in [0.2, 0.25) is 0 Å². The van der Waals surface area contributed by atoms with Gasteiger partial charge in [-0.1, -0.05) is 36.4 Å². The van der Waals surface area contributed by atoms with Crippen molar-refractivity contribution in [2.45, 2.75) is 25.4 Å². The fourth-order valence-corrected chi connectivity index (χ4v) is 3.37. The maximum absolute atomic E-state index is 6.07. The first-order chi connectivity index (χ1) is 12.9. The maximum Gasteiger partial charge on any atom is 0.191 e. The molecule has 2 N–H and O–H groups in total. The summed E-state index contributed by atoms with van der Waals surface area (Å²) in [7, 11) is 1.81. The molecule has 6 heteroatoms. The van der Waals surface area contributed by atoms with Crippen molar-refractivity contribution in [1.29, 1.82) is 0 Å².